The van der Waals surface area contributed by atoms with Gasteiger partial charge in [-0.3, -0.25) is 0 Å². The Morgan fingerprint density at radius 3 is 1.17 bits per heavy atom. The van der Waals surface area contributed by atoms with E-state index in [0.717, 1.165) is 56.7 Å². The van der Waals surface area contributed by atoms with Gasteiger partial charge in [-0.1, -0.05) is 142 Å². The summed E-state index contributed by atoms with van der Waals surface area (Å²) in [6.07, 6.45) is 8.09. The minimum Gasteiger partial charge on any atom is -0.208 e. The minimum atomic E-state index is 0.325. The molecule has 5 heteroatoms. The molecule has 0 saturated heterocycles. The number of nitriles is 2. The lowest BCUT2D eigenvalue weighted by Gasteiger charge is -2.51. The standard InChI is InChI=1S/C53H45N5/c1-3-36-29-39-28-35(2)30-53(31-36,32-39)49-26-24-45(25-27-49)44-16-22-48(23-17-44)52-57-50(46-18-12-42(13-19-46)40-8-4-37(33-54)5-9-40)56-51(58-52)47-20-14-43(15-21-47)41-10-6-38(34-55)7-11-41/h4-27,35-36,39H,3,28-32H2,1-2H3/t35-,36+,39-,53?/m0/s1. The molecule has 2 aliphatic carbocycles. The van der Waals surface area contributed by atoms with Crippen molar-refractivity contribution in [2.45, 2.75) is 57.8 Å². The van der Waals surface area contributed by atoms with E-state index in [0.29, 0.717) is 34.0 Å². The molecule has 1 aromatic heterocycles. The fourth-order valence-corrected chi connectivity index (χ4v) is 9.85. The lowest BCUT2D eigenvalue weighted by Crippen LogP contribution is -2.42. The Morgan fingerprint density at radius 1 is 0.466 bits per heavy atom. The Kier molecular flexibility index (Phi) is 9.98. The molecular weight excluding hydrogens is 707 g/mol. The molecule has 0 amide bonds. The fourth-order valence-electron chi connectivity index (χ4n) is 9.85. The monoisotopic (exact) mass is 751 g/mol. The lowest BCUT2D eigenvalue weighted by molar-refractivity contribution is 0.0702. The molecule has 5 nitrogen and oxygen atoms in total. The van der Waals surface area contributed by atoms with Gasteiger partial charge in [0.05, 0.1) is 23.3 Å². The summed E-state index contributed by atoms with van der Waals surface area (Å²) in [6, 6.07) is 54.1. The van der Waals surface area contributed by atoms with Gasteiger partial charge in [-0.05, 0) is 118 Å². The molecule has 0 aliphatic heterocycles. The predicted molar refractivity (Wildman–Crippen MR) is 233 cm³/mol. The zero-order valence-electron chi connectivity index (χ0n) is 33.1. The first-order chi connectivity index (χ1) is 28.4. The Hall–Kier alpha value is -6.69. The topological polar surface area (TPSA) is 86.2 Å². The zero-order valence-corrected chi connectivity index (χ0v) is 33.1. The Labute approximate surface area is 341 Å². The third kappa shape index (κ3) is 7.45. The highest BCUT2D eigenvalue weighted by Crippen LogP contribution is 2.54. The normalized spacial score (nSPS) is 19.8. The van der Waals surface area contributed by atoms with E-state index >= 15 is 0 Å². The van der Waals surface area contributed by atoms with Crippen molar-refractivity contribution < 1.29 is 0 Å². The molecule has 2 fully saturated rings. The number of hydrogen-bond acceptors (Lipinski definition) is 5. The van der Waals surface area contributed by atoms with Gasteiger partial charge in [-0.2, -0.15) is 10.5 Å². The summed E-state index contributed by atoms with van der Waals surface area (Å²) in [5.74, 6) is 4.30. The SMILES string of the molecule is CC[C@@H]1C[C@@H]2C[C@H](C)CC(c3ccc(-c4ccc(-c5nc(-c6ccc(-c7ccc(C#N)cc7)cc6)nc(-c6ccc(-c7ccc(C#N)cc7)cc6)n5)cc4)cc3)(C1)C2. The molecule has 0 N–H and O–H groups in total. The number of aromatic nitrogens is 3. The summed E-state index contributed by atoms with van der Waals surface area (Å²) < 4.78 is 0. The number of nitrogens with zero attached hydrogens (tertiary/aromatic N) is 5. The van der Waals surface area contributed by atoms with Crippen molar-refractivity contribution in [3.05, 3.63) is 162 Å². The second-order valence-electron chi connectivity index (χ2n) is 16.6. The molecule has 58 heavy (non-hydrogen) atoms. The van der Waals surface area contributed by atoms with E-state index in [4.69, 9.17) is 15.0 Å². The number of benzene rings is 6. The van der Waals surface area contributed by atoms with Crippen LogP contribution in [-0.4, -0.2) is 15.0 Å². The maximum Gasteiger partial charge on any atom is 0.164 e. The highest BCUT2D eigenvalue weighted by atomic mass is 15.0. The van der Waals surface area contributed by atoms with Gasteiger partial charge in [0, 0.05) is 16.7 Å². The maximum absolute atomic E-state index is 9.24. The summed E-state index contributed by atoms with van der Waals surface area (Å²) in [6.45, 7) is 4.84. The van der Waals surface area contributed by atoms with Crippen LogP contribution >= 0.6 is 0 Å². The molecule has 1 heterocycles. The molecule has 2 aliphatic rings. The van der Waals surface area contributed by atoms with Crippen LogP contribution < -0.4 is 0 Å². The molecule has 2 bridgehead atoms. The highest BCUT2D eigenvalue weighted by Gasteiger charge is 2.45. The molecule has 282 valence electrons. The van der Waals surface area contributed by atoms with Crippen molar-refractivity contribution in [3.8, 4) is 79.7 Å². The second kappa shape index (κ2) is 15.7. The van der Waals surface area contributed by atoms with Crippen molar-refractivity contribution in [2.75, 3.05) is 0 Å². The van der Waals surface area contributed by atoms with Gasteiger partial charge in [0.15, 0.2) is 17.5 Å². The smallest absolute Gasteiger partial charge is 0.164 e. The van der Waals surface area contributed by atoms with Crippen molar-refractivity contribution in [1.29, 1.82) is 10.5 Å². The summed E-state index contributed by atoms with van der Waals surface area (Å²) >= 11 is 0. The molecule has 0 radical (unpaired) electrons. The van der Waals surface area contributed by atoms with Crippen molar-refractivity contribution >= 4 is 0 Å². The largest absolute Gasteiger partial charge is 0.208 e. The van der Waals surface area contributed by atoms with Crippen LogP contribution in [0, 0.1) is 40.4 Å². The average molecular weight is 752 g/mol. The predicted octanol–water partition coefficient (Wildman–Crippen LogP) is 13.1. The Morgan fingerprint density at radius 2 is 0.810 bits per heavy atom. The van der Waals surface area contributed by atoms with E-state index in [-0.39, 0.29) is 0 Å². The second-order valence-corrected chi connectivity index (χ2v) is 16.6. The van der Waals surface area contributed by atoms with Crippen LogP contribution in [0.1, 0.15) is 69.1 Å². The molecule has 9 rings (SSSR count). The number of rotatable bonds is 8. The fraction of sp³-hybridized carbons (Fsp3) is 0.226. The van der Waals surface area contributed by atoms with E-state index in [1.165, 1.54) is 55.2 Å². The van der Waals surface area contributed by atoms with Gasteiger partial charge in [0.25, 0.3) is 0 Å². The summed E-state index contributed by atoms with van der Waals surface area (Å²) in [5.41, 5.74) is 12.4. The van der Waals surface area contributed by atoms with Gasteiger partial charge < -0.3 is 0 Å². The first-order valence-corrected chi connectivity index (χ1v) is 20.6. The van der Waals surface area contributed by atoms with E-state index in [2.05, 4.69) is 98.8 Å². The molecule has 2 saturated carbocycles. The Bertz CT molecular complexity index is 2510. The summed E-state index contributed by atoms with van der Waals surface area (Å²) in [5, 5.41) is 18.5. The van der Waals surface area contributed by atoms with Crippen LogP contribution in [0.15, 0.2) is 146 Å². The summed E-state index contributed by atoms with van der Waals surface area (Å²) in [7, 11) is 0. The first-order valence-electron chi connectivity index (χ1n) is 20.6. The van der Waals surface area contributed by atoms with Gasteiger partial charge in [0.1, 0.15) is 0 Å². The molecular formula is C53H45N5. The van der Waals surface area contributed by atoms with Gasteiger partial charge in [0.2, 0.25) is 0 Å². The molecule has 1 unspecified atom stereocenters. The molecule has 6 aromatic carbocycles. The number of hydrogen-bond donors (Lipinski definition) is 0. The quantitative estimate of drug-likeness (QED) is 0.154. The maximum atomic E-state index is 9.24. The van der Waals surface area contributed by atoms with Gasteiger partial charge in [-0.25, -0.2) is 15.0 Å². The van der Waals surface area contributed by atoms with E-state index in [9.17, 15) is 10.5 Å². The highest BCUT2D eigenvalue weighted by molar-refractivity contribution is 5.74. The van der Waals surface area contributed by atoms with Gasteiger partial charge >= 0.3 is 0 Å². The molecule has 0 spiro atoms. The van der Waals surface area contributed by atoms with Crippen LogP contribution in [-0.2, 0) is 5.41 Å². The average Bonchev–Trinajstić information content (AvgIpc) is 3.28. The number of fused-ring (bicyclic) bond motifs is 2. The van der Waals surface area contributed by atoms with Crippen LogP contribution in [0.5, 0.6) is 0 Å². The zero-order chi connectivity index (χ0) is 39.6. The van der Waals surface area contributed by atoms with E-state index in [1.807, 2.05) is 72.8 Å². The van der Waals surface area contributed by atoms with Crippen LogP contribution in [0.2, 0.25) is 0 Å². The van der Waals surface area contributed by atoms with Crippen LogP contribution in [0.3, 0.4) is 0 Å². The lowest BCUT2D eigenvalue weighted by atomic mass is 9.54. The van der Waals surface area contributed by atoms with Crippen LogP contribution in [0.4, 0.5) is 0 Å². The van der Waals surface area contributed by atoms with Crippen LogP contribution in [0.25, 0.3) is 67.5 Å². The summed E-state index contributed by atoms with van der Waals surface area (Å²) in [4.78, 5) is 15.1. The van der Waals surface area contributed by atoms with Crippen molar-refractivity contribution in [3.63, 3.8) is 0 Å². The third-order valence-electron chi connectivity index (χ3n) is 12.7. The third-order valence-corrected chi connectivity index (χ3v) is 12.7. The van der Waals surface area contributed by atoms with E-state index in [1.54, 1.807) is 0 Å². The van der Waals surface area contributed by atoms with Gasteiger partial charge in [-0.15, -0.1) is 0 Å². The molecule has 7 aromatic rings. The van der Waals surface area contributed by atoms with Crippen molar-refractivity contribution in [1.82, 2.24) is 15.0 Å². The van der Waals surface area contributed by atoms with Crippen molar-refractivity contribution in [2.24, 2.45) is 17.8 Å². The minimum absolute atomic E-state index is 0.325. The van der Waals surface area contributed by atoms with E-state index < -0.39 is 0 Å². The molecule has 4 atom stereocenters. The first kappa shape index (κ1) is 36.9. The Balaban J connectivity index is 1.03.